The third-order valence-corrected chi connectivity index (χ3v) is 9.06. The topological polar surface area (TPSA) is 111 Å². The van der Waals surface area contributed by atoms with Gasteiger partial charge in [0.1, 0.15) is 17.5 Å². The van der Waals surface area contributed by atoms with Gasteiger partial charge in [-0.25, -0.2) is 18.3 Å². The van der Waals surface area contributed by atoms with Crippen LogP contribution in [0.15, 0.2) is 48.9 Å². The zero-order chi connectivity index (χ0) is 29.4. The SMILES string of the molecule is CO[C@H]1[C@H](N)C[C@H](c2ccncc2Cc2ncc3ccc(-c4c(F)cc(C5(C#N)CCOCC5)cc4F)nn23)C[C@@H]1C. The van der Waals surface area contributed by atoms with E-state index in [0.29, 0.717) is 55.3 Å². The third kappa shape index (κ3) is 5.06. The highest BCUT2D eigenvalue weighted by atomic mass is 19.1. The molecule has 2 aliphatic rings. The molecule has 0 spiro atoms. The first-order valence-electron chi connectivity index (χ1n) is 14.4. The predicted molar refractivity (Wildman–Crippen MR) is 153 cm³/mol. The molecule has 0 radical (unpaired) electrons. The lowest BCUT2D eigenvalue weighted by atomic mass is 9.74. The summed E-state index contributed by atoms with van der Waals surface area (Å²) in [4.78, 5) is 8.97. The van der Waals surface area contributed by atoms with E-state index in [1.807, 2.05) is 12.3 Å². The van der Waals surface area contributed by atoms with Gasteiger partial charge < -0.3 is 15.2 Å². The van der Waals surface area contributed by atoms with Gasteiger partial charge in [0.15, 0.2) is 0 Å². The Labute approximate surface area is 243 Å². The van der Waals surface area contributed by atoms with Gasteiger partial charge in [-0.3, -0.25) is 4.98 Å². The number of methoxy groups -OCH3 is 1. The minimum atomic E-state index is -0.973. The van der Waals surface area contributed by atoms with E-state index in [-0.39, 0.29) is 29.3 Å². The second-order valence-corrected chi connectivity index (χ2v) is 11.6. The quantitative estimate of drug-likeness (QED) is 0.343. The highest BCUT2D eigenvalue weighted by Gasteiger charge is 2.37. The number of benzene rings is 1. The lowest BCUT2D eigenvalue weighted by Gasteiger charge is -2.38. The summed E-state index contributed by atoms with van der Waals surface area (Å²) in [6, 6.07) is 10.1. The molecule has 3 aromatic heterocycles. The molecule has 2 fully saturated rings. The van der Waals surface area contributed by atoms with Crippen molar-refractivity contribution < 1.29 is 18.3 Å². The second kappa shape index (κ2) is 11.5. The number of halogens is 2. The van der Waals surface area contributed by atoms with Crippen LogP contribution < -0.4 is 5.73 Å². The van der Waals surface area contributed by atoms with Gasteiger partial charge in [0, 0.05) is 45.2 Å². The first kappa shape index (κ1) is 28.3. The Morgan fingerprint density at radius 2 is 1.90 bits per heavy atom. The van der Waals surface area contributed by atoms with Crippen molar-refractivity contribution in [1.82, 2.24) is 19.6 Å². The highest BCUT2D eigenvalue weighted by Crippen LogP contribution is 2.39. The number of fused-ring (bicyclic) bond motifs is 1. The van der Waals surface area contributed by atoms with E-state index in [2.05, 4.69) is 28.1 Å². The molecule has 1 aromatic carbocycles. The van der Waals surface area contributed by atoms with E-state index in [0.717, 1.165) is 18.4 Å². The van der Waals surface area contributed by atoms with Crippen molar-refractivity contribution in [3.63, 3.8) is 0 Å². The van der Waals surface area contributed by atoms with Crippen LogP contribution in [0.1, 0.15) is 61.0 Å². The molecule has 1 aliphatic carbocycles. The van der Waals surface area contributed by atoms with Crippen molar-refractivity contribution in [3.05, 3.63) is 83.1 Å². The molecule has 0 bridgehead atoms. The Hall–Kier alpha value is -3.78. The van der Waals surface area contributed by atoms with Gasteiger partial charge in [-0.05, 0) is 84.5 Å². The summed E-state index contributed by atoms with van der Waals surface area (Å²) in [6.07, 6.45) is 8.34. The monoisotopic (exact) mass is 572 g/mol. The summed E-state index contributed by atoms with van der Waals surface area (Å²) in [7, 11) is 1.71. The maximum Gasteiger partial charge on any atom is 0.135 e. The molecule has 6 rings (SSSR count). The van der Waals surface area contributed by atoms with Crippen LogP contribution in [0.25, 0.3) is 16.8 Å². The van der Waals surface area contributed by atoms with Crippen molar-refractivity contribution in [2.45, 2.75) is 62.5 Å². The van der Waals surface area contributed by atoms with Crippen LogP contribution >= 0.6 is 0 Å². The van der Waals surface area contributed by atoms with Crippen LogP contribution in [-0.2, 0) is 21.3 Å². The van der Waals surface area contributed by atoms with E-state index in [1.54, 1.807) is 36.2 Å². The maximum atomic E-state index is 15.5. The average molecular weight is 573 g/mol. The molecule has 4 heterocycles. The zero-order valence-electron chi connectivity index (χ0n) is 23.8. The Morgan fingerprint density at radius 3 is 2.60 bits per heavy atom. The van der Waals surface area contributed by atoms with Crippen molar-refractivity contribution in [3.8, 4) is 17.3 Å². The number of hydrogen-bond donors (Lipinski definition) is 1. The van der Waals surface area contributed by atoms with Gasteiger partial charge in [-0.1, -0.05) is 6.92 Å². The van der Waals surface area contributed by atoms with E-state index in [4.69, 9.17) is 15.2 Å². The Bertz CT molecular complexity index is 1610. The minimum Gasteiger partial charge on any atom is -0.381 e. The fourth-order valence-electron chi connectivity index (χ4n) is 6.85. The molecular formula is C32H34F2N6O2. The van der Waals surface area contributed by atoms with Gasteiger partial charge in [-0.2, -0.15) is 10.4 Å². The van der Waals surface area contributed by atoms with E-state index < -0.39 is 17.0 Å². The normalized spacial score (nSPS) is 24.0. The number of pyridine rings is 1. The van der Waals surface area contributed by atoms with Crippen LogP contribution in [0.5, 0.6) is 0 Å². The first-order chi connectivity index (χ1) is 20.3. The van der Waals surface area contributed by atoms with Crippen LogP contribution in [0, 0.1) is 28.9 Å². The van der Waals surface area contributed by atoms with E-state index >= 15 is 8.78 Å². The summed E-state index contributed by atoms with van der Waals surface area (Å²) < 4.78 is 43.7. The molecule has 4 aromatic rings. The molecule has 1 aliphatic heterocycles. The summed E-state index contributed by atoms with van der Waals surface area (Å²) in [5, 5.41) is 14.5. The van der Waals surface area contributed by atoms with E-state index in [9.17, 15) is 5.26 Å². The minimum absolute atomic E-state index is 0.0300. The zero-order valence-corrected chi connectivity index (χ0v) is 23.8. The Kier molecular flexibility index (Phi) is 7.75. The predicted octanol–water partition coefficient (Wildman–Crippen LogP) is 5.09. The summed E-state index contributed by atoms with van der Waals surface area (Å²) in [6.45, 7) is 2.92. The molecular weight excluding hydrogens is 538 g/mol. The summed E-state index contributed by atoms with van der Waals surface area (Å²) >= 11 is 0. The van der Waals surface area contributed by atoms with Crippen LogP contribution in [0.4, 0.5) is 8.78 Å². The lowest BCUT2D eigenvalue weighted by molar-refractivity contribution is 0.00970. The standard InChI is InChI=1S/C32H34F2N6O2/c1-19-11-20(12-27(36)31(19)41-2)24-5-8-37-16-21(24)13-29-38-17-23-3-4-28(39-40(23)29)30-25(33)14-22(15-26(30)34)32(18-35)6-9-42-10-7-32/h3-5,8,14-17,19-20,27,31H,6-7,9-13,36H2,1-2H3/t19-,20+,27+,31+/m0/s1. The van der Waals surface area contributed by atoms with Crippen molar-refractivity contribution in [2.24, 2.45) is 11.7 Å². The van der Waals surface area contributed by atoms with Gasteiger partial charge in [0.2, 0.25) is 0 Å². The van der Waals surface area contributed by atoms with Crippen molar-refractivity contribution >= 4 is 5.52 Å². The van der Waals surface area contributed by atoms with Gasteiger partial charge in [0.25, 0.3) is 0 Å². The molecule has 10 heteroatoms. The van der Waals surface area contributed by atoms with Crippen LogP contribution in [-0.4, -0.2) is 52.1 Å². The summed E-state index contributed by atoms with van der Waals surface area (Å²) in [5.74, 6) is -0.320. The van der Waals surface area contributed by atoms with Gasteiger partial charge in [-0.15, -0.1) is 0 Å². The molecule has 1 saturated carbocycles. The maximum absolute atomic E-state index is 15.5. The number of aromatic nitrogens is 4. The third-order valence-electron chi connectivity index (χ3n) is 9.06. The molecule has 8 nitrogen and oxygen atoms in total. The average Bonchev–Trinajstić information content (AvgIpc) is 3.39. The summed E-state index contributed by atoms with van der Waals surface area (Å²) in [5.41, 5.74) is 8.63. The number of ether oxygens (including phenoxy) is 2. The lowest BCUT2D eigenvalue weighted by Crippen LogP contribution is -2.45. The number of nitriles is 1. The number of imidazole rings is 1. The second-order valence-electron chi connectivity index (χ2n) is 11.6. The molecule has 1 saturated heterocycles. The number of nitrogens with two attached hydrogens (primary N) is 1. The molecule has 0 amide bonds. The smallest absolute Gasteiger partial charge is 0.135 e. The van der Waals surface area contributed by atoms with E-state index in [1.165, 1.54) is 17.7 Å². The number of nitrogens with zero attached hydrogens (tertiary/aromatic N) is 5. The Balaban J connectivity index is 1.32. The fourth-order valence-corrected chi connectivity index (χ4v) is 6.85. The van der Waals surface area contributed by atoms with Crippen LogP contribution in [0.3, 0.4) is 0 Å². The molecule has 4 atom stereocenters. The molecule has 0 unspecified atom stereocenters. The van der Waals surface area contributed by atoms with Crippen molar-refractivity contribution in [2.75, 3.05) is 20.3 Å². The molecule has 42 heavy (non-hydrogen) atoms. The number of hydrogen-bond acceptors (Lipinski definition) is 7. The molecule has 218 valence electrons. The van der Waals surface area contributed by atoms with Crippen molar-refractivity contribution in [1.29, 1.82) is 5.26 Å². The fraction of sp³-hybridized carbons (Fsp3) is 0.438. The van der Waals surface area contributed by atoms with Gasteiger partial charge >= 0.3 is 0 Å². The number of rotatable bonds is 6. The first-order valence-corrected chi connectivity index (χ1v) is 14.4. The Morgan fingerprint density at radius 1 is 1.14 bits per heavy atom. The molecule has 2 N–H and O–H groups in total. The van der Waals surface area contributed by atoms with Crippen LogP contribution in [0.2, 0.25) is 0 Å². The van der Waals surface area contributed by atoms with Gasteiger partial charge in [0.05, 0.1) is 40.6 Å². The largest absolute Gasteiger partial charge is 0.381 e. The highest BCUT2D eigenvalue weighted by molar-refractivity contribution is 5.64.